The molecule has 7 heteroatoms. The molecule has 1 fully saturated rings. The topological polar surface area (TPSA) is 93.2 Å². The van der Waals surface area contributed by atoms with Gasteiger partial charge in [-0.3, -0.25) is 4.40 Å². The summed E-state index contributed by atoms with van der Waals surface area (Å²) in [6.07, 6.45) is 10.0. The van der Waals surface area contributed by atoms with Crippen molar-refractivity contribution in [1.82, 2.24) is 19.4 Å². The standard InChI is InChI=1S/C24H27N7/c1-16-13-27-24(29-19-9-7-17(25)8-10-19)30-23(16)21-14-26-22-12-11-20(15-31(21)22)28-18-5-3-2-4-6-18/h2-6,11-15,17,19,28H,7-10,25H2,1H3,(H,27,29,30)/t17-,19-. The van der Waals surface area contributed by atoms with Crippen LogP contribution in [0.5, 0.6) is 0 Å². The lowest BCUT2D eigenvalue weighted by Gasteiger charge is -2.26. The van der Waals surface area contributed by atoms with Gasteiger partial charge >= 0.3 is 0 Å². The Morgan fingerprint density at radius 3 is 2.55 bits per heavy atom. The fraction of sp³-hybridized carbons (Fsp3) is 0.292. The molecule has 31 heavy (non-hydrogen) atoms. The van der Waals surface area contributed by atoms with Crippen molar-refractivity contribution >= 4 is 23.0 Å². The number of fused-ring (bicyclic) bond motifs is 1. The summed E-state index contributed by atoms with van der Waals surface area (Å²) in [6, 6.07) is 14.9. The second-order valence-electron chi connectivity index (χ2n) is 8.26. The molecule has 158 valence electrons. The highest BCUT2D eigenvalue weighted by atomic mass is 15.1. The fourth-order valence-electron chi connectivity index (χ4n) is 4.13. The van der Waals surface area contributed by atoms with Gasteiger partial charge in [-0.15, -0.1) is 0 Å². The van der Waals surface area contributed by atoms with Crippen molar-refractivity contribution in [2.45, 2.75) is 44.7 Å². The Balaban J connectivity index is 1.45. The molecule has 0 radical (unpaired) electrons. The molecule has 0 saturated heterocycles. The Labute approximate surface area is 181 Å². The lowest BCUT2D eigenvalue weighted by Crippen LogP contribution is -2.33. The van der Waals surface area contributed by atoms with Crippen molar-refractivity contribution in [3.63, 3.8) is 0 Å². The molecular weight excluding hydrogens is 386 g/mol. The van der Waals surface area contributed by atoms with Gasteiger partial charge in [-0.2, -0.15) is 0 Å². The first kappa shape index (κ1) is 19.5. The van der Waals surface area contributed by atoms with Crippen LogP contribution in [0.25, 0.3) is 17.0 Å². The van der Waals surface area contributed by atoms with Gasteiger partial charge in [0.1, 0.15) is 5.65 Å². The van der Waals surface area contributed by atoms with Gasteiger partial charge in [0.05, 0.1) is 23.3 Å². The van der Waals surface area contributed by atoms with Gasteiger partial charge in [-0.1, -0.05) is 18.2 Å². The van der Waals surface area contributed by atoms with Crippen molar-refractivity contribution in [1.29, 1.82) is 0 Å². The molecule has 0 atom stereocenters. The quantitative estimate of drug-likeness (QED) is 0.445. The minimum Gasteiger partial charge on any atom is -0.354 e. The zero-order valence-corrected chi connectivity index (χ0v) is 17.6. The van der Waals surface area contributed by atoms with E-state index in [9.17, 15) is 0 Å². The largest absolute Gasteiger partial charge is 0.354 e. The molecule has 1 aliphatic carbocycles. The highest BCUT2D eigenvalue weighted by molar-refractivity contribution is 5.67. The molecular formula is C24H27N7. The third kappa shape index (κ3) is 4.22. The lowest BCUT2D eigenvalue weighted by atomic mass is 9.92. The zero-order valence-electron chi connectivity index (χ0n) is 17.6. The van der Waals surface area contributed by atoms with Crippen LogP contribution < -0.4 is 16.4 Å². The highest BCUT2D eigenvalue weighted by Crippen LogP contribution is 2.26. The third-order valence-electron chi connectivity index (χ3n) is 5.89. The summed E-state index contributed by atoms with van der Waals surface area (Å²) in [7, 11) is 0. The van der Waals surface area contributed by atoms with E-state index in [4.69, 9.17) is 10.7 Å². The SMILES string of the molecule is Cc1cnc(N[C@H]2CC[C@H](N)CC2)nc1-c1cnc2ccc(Nc3ccccc3)cn12. The number of hydrogen-bond donors (Lipinski definition) is 3. The molecule has 3 aromatic heterocycles. The van der Waals surface area contributed by atoms with Crippen LogP contribution in [0.1, 0.15) is 31.2 Å². The minimum absolute atomic E-state index is 0.324. The van der Waals surface area contributed by atoms with Crippen LogP contribution in [0.3, 0.4) is 0 Å². The first-order chi connectivity index (χ1) is 15.2. The van der Waals surface area contributed by atoms with E-state index < -0.39 is 0 Å². The minimum atomic E-state index is 0.324. The highest BCUT2D eigenvalue weighted by Gasteiger charge is 2.20. The number of nitrogens with two attached hydrogens (primary N) is 1. The van der Waals surface area contributed by atoms with E-state index in [0.29, 0.717) is 18.0 Å². The van der Waals surface area contributed by atoms with Crippen molar-refractivity contribution in [3.05, 3.63) is 66.6 Å². The van der Waals surface area contributed by atoms with Crippen LogP contribution in [0.4, 0.5) is 17.3 Å². The molecule has 4 N–H and O–H groups in total. The maximum absolute atomic E-state index is 6.04. The summed E-state index contributed by atoms with van der Waals surface area (Å²) in [4.78, 5) is 14.0. The number of pyridine rings is 1. The number of nitrogens with one attached hydrogen (secondary N) is 2. The molecule has 0 aliphatic heterocycles. The number of para-hydroxylation sites is 1. The number of imidazole rings is 1. The average molecular weight is 414 g/mol. The monoisotopic (exact) mass is 413 g/mol. The van der Waals surface area contributed by atoms with Gasteiger partial charge in [0.25, 0.3) is 0 Å². The summed E-state index contributed by atoms with van der Waals surface area (Å²) in [5, 5.41) is 6.95. The summed E-state index contributed by atoms with van der Waals surface area (Å²) in [6.45, 7) is 2.03. The predicted octanol–water partition coefficient (Wildman–Crippen LogP) is 4.53. The maximum atomic E-state index is 6.04. The lowest BCUT2D eigenvalue weighted by molar-refractivity contribution is 0.410. The molecule has 7 nitrogen and oxygen atoms in total. The van der Waals surface area contributed by atoms with Crippen LogP contribution >= 0.6 is 0 Å². The number of aryl methyl sites for hydroxylation is 1. The van der Waals surface area contributed by atoms with Crippen LogP contribution in [-0.4, -0.2) is 31.4 Å². The second kappa shape index (κ2) is 8.35. The normalized spacial score (nSPS) is 18.8. The van der Waals surface area contributed by atoms with Gasteiger partial charge in [-0.25, -0.2) is 15.0 Å². The number of nitrogens with zero attached hydrogens (tertiary/aromatic N) is 4. The molecule has 4 aromatic rings. The van der Waals surface area contributed by atoms with Crippen molar-refractivity contribution in [3.8, 4) is 11.4 Å². The number of anilines is 3. The third-order valence-corrected chi connectivity index (χ3v) is 5.89. The molecule has 3 heterocycles. The average Bonchev–Trinajstić information content (AvgIpc) is 3.20. The van der Waals surface area contributed by atoms with Crippen LogP contribution in [0, 0.1) is 6.92 Å². The fourth-order valence-corrected chi connectivity index (χ4v) is 4.13. The summed E-state index contributed by atoms with van der Waals surface area (Å²) in [5.41, 5.74) is 11.8. The summed E-state index contributed by atoms with van der Waals surface area (Å²) in [5.74, 6) is 0.662. The maximum Gasteiger partial charge on any atom is 0.223 e. The Kier molecular flexibility index (Phi) is 5.26. The molecule has 0 amide bonds. The molecule has 1 aromatic carbocycles. The van der Waals surface area contributed by atoms with Gasteiger partial charge < -0.3 is 16.4 Å². The summed E-state index contributed by atoms with van der Waals surface area (Å²) < 4.78 is 2.07. The van der Waals surface area contributed by atoms with Crippen LogP contribution in [0.2, 0.25) is 0 Å². The van der Waals surface area contributed by atoms with E-state index in [0.717, 1.165) is 59.7 Å². The van der Waals surface area contributed by atoms with E-state index >= 15 is 0 Å². The Hall–Kier alpha value is -3.45. The van der Waals surface area contributed by atoms with Gasteiger partial charge in [-0.05, 0) is 62.4 Å². The first-order valence-corrected chi connectivity index (χ1v) is 10.8. The van der Waals surface area contributed by atoms with Gasteiger partial charge in [0.15, 0.2) is 0 Å². The van der Waals surface area contributed by atoms with E-state index in [1.807, 2.05) is 61.8 Å². The first-order valence-electron chi connectivity index (χ1n) is 10.8. The van der Waals surface area contributed by atoms with Crippen molar-refractivity contribution in [2.75, 3.05) is 10.6 Å². The van der Waals surface area contributed by atoms with Crippen molar-refractivity contribution in [2.24, 2.45) is 5.73 Å². The predicted molar refractivity (Wildman–Crippen MR) is 125 cm³/mol. The van der Waals surface area contributed by atoms with E-state index in [1.54, 1.807) is 0 Å². The molecule has 0 bridgehead atoms. The Bertz CT molecular complexity index is 1180. The number of aromatic nitrogens is 4. The van der Waals surface area contributed by atoms with Gasteiger partial charge in [0.2, 0.25) is 5.95 Å². The molecule has 0 unspecified atom stereocenters. The second-order valence-corrected chi connectivity index (χ2v) is 8.26. The zero-order chi connectivity index (χ0) is 21.2. The van der Waals surface area contributed by atoms with E-state index in [-0.39, 0.29) is 0 Å². The smallest absolute Gasteiger partial charge is 0.223 e. The number of hydrogen-bond acceptors (Lipinski definition) is 6. The number of rotatable bonds is 5. The van der Waals surface area contributed by atoms with Crippen LogP contribution in [0.15, 0.2) is 61.1 Å². The van der Waals surface area contributed by atoms with E-state index in [2.05, 4.69) is 31.2 Å². The molecule has 1 aliphatic rings. The van der Waals surface area contributed by atoms with E-state index in [1.165, 1.54) is 0 Å². The molecule has 5 rings (SSSR count). The van der Waals surface area contributed by atoms with Gasteiger partial charge in [0, 0.05) is 30.2 Å². The van der Waals surface area contributed by atoms with Crippen LogP contribution in [-0.2, 0) is 0 Å². The summed E-state index contributed by atoms with van der Waals surface area (Å²) >= 11 is 0. The number of benzene rings is 1. The Morgan fingerprint density at radius 1 is 0.935 bits per heavy atom. The molecule has 1 saturated carbocycles. The Morgan fingerprint density at radius 2 is 1.74 bits per heavy atom. The molecule has 0 spiro atoms. The van der Waals surface area contributed by atoms with Crippen molar-refractivity contribution < 1.29 is 0 Å².